The van der Waals surface area contributed by atoms with Gasteiger partial charge in [0, 0.05) is 17.0 Å². The molecule has 21 heavy (non-hydrogen) atoms. The maximum absolute atomic E-state index is 11.8. The highest BCUT2D eigenvalue weighted by atomic mass is 32.1. The Morgan fingerprint density at radius 1 is 1.38 bits per heavy atom. The van der Waals surface area contributed by atoms with Crippen LogP contribution >= 0.6 is 11.3 Å². The lowest BCUT2D eigenvalue weighted by Gasteiger charge is -2.05. The first kappa shape index (κ1) is 14.7. The largest absolute Gasteiger partial charge is 0.506 e. The molecule has 0 unspecified atom stereocenters. The van der Waals surface area contributed by atoms with Crippen molar-refractivity contribution in [2.75, 3.05) is 5.32 Å². The number of nitrogens with zero attached hydrogens (tertiary/aromatic N) is 1. The average Bonchev–Trinajstić information content (AvgIpc) is 2.90. The molecule has 0 radical (unpaired) electrons. The number of benzene rings is 1. The Labute approximate surface area is 124 Å². The van der Waals surface area contributed by atoms with E-state index in [2.05, 4.69) is 5.32 Å². The zero-order valence-electron chi connectivity index (χ0n) is 11.1. The third-order valence-electron chi connectivity index (χ3n) is 2.60. The lowest BCUT2D eigenvalue weighted by atomic mass is 10.2. The number of nitrogens with one attached hydrogen (secondary N) is 1. The molecule has 2 aromatic rings. The minimum Gasteiger partial charge on any atom is -0.506 e. The number of carbonyl (C=O) groups excluding carboxylic acids is 1. The minimum absolute atomic E-state index is 0.0193. The van der Waals surface area contributed by atoms with Gasteiger partial charge in [0.1, 0.15) is 5.75 Å². The second-order valence-corrected chi connectivity index (χ2v) is 5.37. The van der Waals surface area contributed by atoms with E-state index in [1.165, 1.54) is 24.3 Å². The van der Waals surface area contributed by atoms with Crippen LogP contribution in [0.25, 0.3) is 6.08 Å². The van der Waals surface area contributed by atoms with E-state index in [0.29, 0.717) is 10.6 Å². The minimum atomic E-state index is -0.479. The molecule has 0 atom stereocenters. The Kier molecular flexibility index (Phi) is 4.34. The predicted octanol–water partition coefficient (Wildman–Crippen LogP) is 3.32. The summed E-state index contributed by atoms with van der Waals surface area (Å²) in [6.07, 6.45) is 2.75. The number of hydrogen-bond acceptors (Lipinski definition) is 5. The number of nitro groups is 1. The molecule has 2 N–H and O–H groups in total. The Balaban J connectivity index is 2.05. The molecular formula is C14H12N2O4S. The van der Waals surface area contributed by atoms with Crippen molar-refractivity contribution < 1.29 is 14.8 Å². The molecule has 2 rings (SSSR count). The number of phenols is 1. The Hall–Kier alpha value is -2.67. The van der Waals surface area contributed by atoms with Crippen LogP contribution in [-0.2, 0) is 4.79 Å². The summed E-state index contributed by atoms with van der Waals surface area (Å²) in [6, 6.07) is 7.82. The molecule has 7 heteroatoms. The van der Waals surface area contributed by atoms with E-state index in [9.17, 15) is 20.0 Å². The first-order valence-electron chi connectivity index (χ1n) is 5.98. The van der Waals surface area contributed by atoms with Crippen LogP contribution in [0.1, 0.15) is 10.4 Å². The van der Waals surface area contributed by atoms with Crippen LogP contribution in [0.4, 0.5) is 10.7 Å². The third kappa shape index (κ3) is 3.90. The molecule has 0 bridgehead atoms. The molecule has 1 amide bonds. The number of rotatable bonds is 4. The molecule has 0 aliphatic heterocycles. The lowest BCUT2D eigenvalue weighted by Crippen LogP contribution is -2.07. The summed E-state index contributed by atoms with van der Waals surface area (Å²) in [5.74, 6) is -0.443. The monoisotopic (exact) mass is 304 g/mol. The van der Waals surface area contributed by atoms with Gasteiger partial charge in [0.05, 0.1) is 10.6 Å². The van der Waals surface area contributed by atoms with E-state index in [0.717, 1.165) is 16.9 Å². The van der Waals surface area contributed by atoms with Crippen LogP contribution in [0.5, 0.6) is 5.75 Å². The Morgan fingerprint density at radius 3 is 2.81 bits per heavy atom. The SMILES string of the molecule is Cc1ccc(O)c(NC(=O)/C=C/c2ccc([N+](=O)[O-])s2)c1. The highest BCUT2D eigenvalue weighted by Gasteiger charge is 2.08. The molecule has 0 fully saturated rings. The average molecular weight is 304 g/mol. The van der Waals surface area contributed by atoms with E-state index >= 15 is 0 Å². The van der Waals surface area contributed by atoms with Crippen molar-refractivity contribution in [2.24, 2.45) is 0 Å². The second kappa shape index (κ2) is 6.19. The number of carbonyl (C=O) groups is 1. The van der Waals surface area contributed by atoms with Crippen molar-refractivity contribution in [3.05, 3.63) is 57.0 Å². The Morgan fingerprint density at radius 2 is 2.14 bits per heavy atom. The van der Waals surface area contributed by atoms with Crippen LogP contribution < -0.4 is 5.32 Å². The first-order valence-corrected chi connectivity index (χ1v) is 6.80. The van der Waals surface area contributed by atoms with Gasteiger partial charge in [0.15, 0.2) is 0 Å². The van der Waals surface area contributed by atoms with Crippen LogP contribution in [0, 0.1) is 17.0 Å². The Bertz CT molecular complexity index is 722. The van der Waals surface area contributed by atoms with Gasteiger partial charge in [-0.2, -0.15) is 0 Å². The number of anilines is 1. The van der Waals surface area contributed by atoms with E-state index in [4.69, 9.17) is 0 Å². The molecule has 1 aromatic heterocycles. The van der Waals surface area contributed by atoms with E-state index in [1.54, 1.807) is 18.2 Å². The van der Waals surface area contributed by atoms with Gasteiger partial charge in [0.2, 0.25) is 5.91 Å². The van der Waals surface area contributed by atoms with Crippen molar-refractivity contribution >= 4 is 34.0 Å². The van der Waals surface area contributed by atoms with Crippen LogP contribution in [0.2, 0.25) is 0 Å². The maximum atomic E-state index is 11.8. The van der Waals surface area contributed by atoms with Gasteiger partial charge in [-0.3, -0.25) is 14.9 Å². The second-order valence-electron chi connectivity index (χ2n) is 4.28. The predicted molar refractivity (Wildman–Crippen MR) is 81.5 cm³/mol. The molecular weight excluding hydrogens is 292 g/mol. The maximum Gasteiger partial charge on any atom is 0.324 e. The smallest absolute Gasteiger partial charge is 0.324 e. The molecule has 1 heterocycles. The van der Waals surface area contributed by atoms with Crippen molar-refractivity contribution in [1.82, 2.24) is 0 Å². The molecule has 0 aliphatic carbocycles. The molecule has 0 saturated heterocycles. The third-order valence-corrected chi connectivity index (χ3v) is 3.60. The number of phenolic OH excluding ortho intramolecular Hbond substituents is 1. The molecule has 0 aliphatic rings. The summed E-state index contributed by atoms with van der Waals surface area (Å²) in [4.78, 5) is 22.4. The lowest BCUT2D eigenvalue weighted by molar-refractivity contribution is -0.380. The highest BCUT2D eigenvalue weighted by molar-refractivity contribution is 7.16. The van der Waals surface area contributed by atoms with Gasteiger partial charge in [-0.05, 0) is 36.8 Å². The zero-order valence-corrected chi connectivity index (χ0v) is 11.9. The van der Waals surface area contributed by atoms with Crippen LogP contribution in [0.15, 0.2) is 36.4 Å². The van der Waals surface area contributed by atoms with Gasteiger partial charge in [-0.25, -0.2) is 0 Å². The quantitative estimate of drug-likeness (QED) is 0.392. The molecule has 0 spiro atoms. The van der Waals surface area contributed by atoms with Gasteiger partial charge < -0.3 is 10.4 Å². The fourth-order valence-corrected chi connectivity index (χ4v) is 2.34. The van der Waals surface area contributed by atoms with Gasteiger partial charge in [0.25, 0.3) is 0 Å². The number of aryl methyl sites for hydroxylation is 1. The number of aromatic hydroxyl groups is 1. The summed E-state index contributed by atoms with van der Waals surface area (Å²) in [7, 11) is 0. The topological polar surface area (TPSA) is 92.5 Å². The molecule has 0 saturated carbocycles. The van der Waals surface area contributed by atoms with E-state index in [-0.39, 0.29) is 10.8 Å². The van der Waals surface area contributed by atoms with Crippen molar-refractivity contribution in [3.63, 3.8) is 0 Å². The summed E-state index contributed by atoms with van der Waals surface area (Å²) >= 11 is 0.980. The fourth-order valence-electron chi connectivity index (χ4n) is 1.61. The summed E-state index contributed by atoms with van der Waals surface area (Å²) in [5.41, 5.74) is 1.22. The fraction of sp³-hybridized carbons (Fsp3) is 0.0714. The summed E-state index contributed by atoms with van der Waals surface area (Å²) in [6.45, 7) is 1.84. The molecule has 1 aromatic carbocycles. The van der Waals surface area contributed by atoms with Gasteiger partial charge >= 0.3 is 5.00 Å². The number of amides is 1. The zero-order chi connectivity index (χ0) is 15.4. The highest BCUT2D eigenvalue weighted by Crippen LogP contribution is 2.26. The van der Waals surface area contributed by atoms with Crippen molar-refractivity contribution in [2.45, 2.75) is 6.92 Å². The number of hydrogen-bond donors (Lipinski definition) is 2. The summed E-state index contributed by atoms with van der Waals surface area (Å²) < 4.78 is 0. The van der Waals surface area contributed by atoms with Crippen LogP contribution in [-0.4, -0.2) is 15.9 Å². The summed E-state index contributed by atoms with van der Waals surface area (Å²) in [5, 5.41) is 22.7. The van der Waals surface area contributed by atoms with Crippen LogP contribution in [0.3, 0.4) is 0 Å². The molecule has 108 valence electrons. The normalized spacial score (nSPS) is 10.7. The van der Waals surface area contributed by atoms with Crippen molar-refractivity contribution in [1.29, 1.82) is 0 Å². The van der Waals surface area contributed by atoms with Crippen molar-refractivity contribution in [3.8, 4) is 5.75 Å². The van der Waals surface area contributed by atoms with Gasteiger partial charge in [-0.15, -0.1) is 0 Å². The van der Waals surface area contributed by atoms with E-state index < -0.39 is 10.8 Å². The van der Waals surface area contributed by atoms with Gasteiger partial charge in [-0.1, -0.05) is 17.4 Å². The molecule has 6 nitrogen and oxygen atoms in total. The van der Waals surface area contributed by atoms with E-state index in [1.807, 2.05) is 6.92 Å². The first-order chi connectivity index (χ1) is 9.95. The number of thiophene rings is 1. The standard InChI is InChI=1S/C14H12N2O4S/c1-9-2-5-12(17)11(8-9)15-13(18)6-3-10-4-7-14(21-10)16(19)20/h2-8,17H,1H3,(H,15,18)/b6-3+.